The Morgan fingerprint density at radius 3 is 1.40 bits per heavy atom. The van der Waals surface area contributed by atoms with Crippen molar-refractivity contribution in [3.05, 3.63) is 0 Å². The molecule has 32 valence electrons. The first kappa shape index (κ1) is 24.6. The summed E-state index contributed by atoms with van der Waals surface area (Å²) in [6, 6.07) is 1.75. The Morgan fingerprint density at radius 2 is 1.40 bits per heavy atom. The number of nitrogens with zero attached hydrogens (tertiary/aromatic N) is 1. The molecule has 0 heterocycles. The molecule has 1 heteroatoms. The maximum Gasteiger partial charge on any atom is 0.0587 e. The van der Waals surface area contributed by atoms with E-state index in [0.29, 0.717) is 0 Å². The van der Waals surface area contributed by atoms with Gasteiger partial charge in [-0.3, -0.25) is 0 Å². The van der Waals surface area contributed by atoms with Gasteiger partial charge >= 0.3 is 0 Å². The van der Waals surface area contributed by atoms with Crippen LogP contribution in [0.1, 0.15) is 21.8 Å². The summed E-state index contributed by atoms with van der Waals surface area (Å²) in [6.07, 6.45) is 0. The summed E-state index contributed by atoms with van der Waals surface area (Å²) in [5.41, 5.74) is 0. The topological polar surface area (TPSA) is 23.8 Å². The fourth-order valence-corrected chi connectivity index (χ4v) is 0. The van der Waals surface area contributed by atoms with Gasteiger partial charge in [-0.15, -0.1) is 0 Å². The van der Waals surface area contributed by atoms with E-state index in [1.165, 1.54) is 6.92 Å². The second-order valence-corrected chi connectivity index (χ2v) is 0.224. The second kappa shape index (κ2) is 90.1. The highest BCUT2D eigenvalue weighted by Crippen LogP contribution is 1.21. The molecule has 0 saturated carbocycles. The first-order valence-electron chi connectivity index (χ1n) is 0.724. The van der Waals surface area contributed by atoms with E-state index in [0.717, 1.165) is 0 Å². The minimum Gasteiger partial charge on any atom is -0.199 e. The molecule has 0 fully saturated rings. The smallest absolute Gasteiger partial charge is 0.0587 e. The van der Waals surface area contributed by atoms with Crippen molar-refractivity contribution >= 4 is 0 Å². The molecule has 0 spiro atoms. The van der Waals surface area contributed by atoms with Gasteiger partial charge < -0.3 is 0 Å². The molecule has 0 unspecified atom stereocenters. The summed E-state index contributed by atoms with van der Waals surface area (Å²) >= 11 is 0. The molecule has 1 nitrogen and oxygen atoms in total. The van der Waals surface area contributed by atoms with Gasteiger partial charge in [-0.05, 0) is 0 Å². The zero-order chi connectivity index (χ0) is 2.71. The molecule has 0 amide bonds. The predicted molar refractivity (Wildman–Crippen MR) is 24.7 cm³/mol. The molecule has 0 bridgehead atoms. The van der Waals surface area contributed by atoms with Gasteiger partial charge in [-0.2, -0.15) is 5.26 Å². The average molecular weight is 73.1 g/mol. The minimum atomic E-state index is 0. The molecule has 0 aromatic rings. The Bertz CT molecular complexity index is 25.1. The van der Waals surface area contributed by atoms with Gasteiger partial charge in [0.1, 0.15) is 0 Å². The van der Waals surface area contributed by atoms with Crippen LogP contribution in [0.5, 0.6) is 0 Å². The molecule has 0 aromatic heterocycles. The van der Waals surface area contributed by atoms with Gasteiger partial charge in [0, 0.05) is 6.92 Å². The third-order valence-electron chi connectivity index (χ3n) is 0. The molecular weight excluding hydrogens is 62.1 g/mol. The quantitative estimate of drug-likeness (QED) is 0.429. The van der Waals surface area contributed by atoms with E-state index in [9.17, 15) is 0 Å². The molecule has 0 aliphatic rings. The number of rotatable bonds is 0. The van der Waals surface area contributed by atoms with Crippen molar-refractivity contribution < 1.29 is 0 Å². The first-order chi connectivity index (χ1) is 1.41. The Balaban J connectivity index is -0.0000000200. The summed E-state index contributed by atoms with van der Waals surface area (Å²) in [5, 5.41) is 7.32. The normalized spacial score (nSPS) is 1.60. The third-order valence-corrected chi connectivity index (χ3v) is 0. The van der Waals surface area contributed by atoms with E-state index in [1.807, 2.05) is 0 Å². The fraction of sp³-hybridized carbons (Fsp3) is 0.750. The van der Waals surface area contributed by atoms with Crippen LogP contribution in [0.3, 0.4) is 0 Å². The summed E-state index contributed by atoms with van der Waals surface area (Å²) in [4.78, 5) is 0. The van der Waals surface area contributed by atoms with Crippen molar-refractivity contribution in [2.75, 3.05) is 0 Å². The van der Waals surface area contributed by atoms with Crippen LogP contribution in [0.25, 0.3) is 0 Å². The molecule has 0 aliphatic heterocycles. The number of hydrogen-bond acceptors (Lipinski definition) is 1. The third kappa shape index (κ3) is 29.8. The summed E-state index contributed by atoms with van der Waals surface area (Å²) < 4.78 is 0. The molecule has 5 heavy (non-hydrogen) atoms. The van der Waals surface area contributed by atoms with Crippen molar-refractivity contribution in [1.82, 2.24) is 0 Å². The Kier molecular flexibility index (Phi) is 444. The van der Waals surface area contributed by atoms with Gasteiger partial charge in [0.25, 0.3) is 0 Å². The zero-order valence-corrected chi connectivity index (χ0v) is 1.95. The molecular formula is C4H11N. The van der Waals surface area contributed by atoms with E-state index < -0.39 is 0 Å². The van der Waals surface area contributed by atoms with Crippen LogP contribution in [-0.2, 0) is 0 Å². The summed E-state index contributed by atoms with van der Waals surface area (Å²) in [7, 11) is 0. The molecule has 0 radical (unpaired) electrons. The SMILES string of the molecule is C.C.CC#N. The highest BCUT2D eigenvalue weighted by molar-refractivity contribution is 4.51. The van der Waals surface area contributed by atoms with Crippen LogP contribution in [0, 0.1) is 11.3 Å². The summed E-state index contributed by atoms with van der Waals surface area (Å²) in [6.45, 7) is 1.43. The van der Waals surface area contributed by atoms with Crippen LogP contribution in [-0.4, -0.2) is 0 Å². The predicted octanol–water partition coefficient (Wildman–Crippen LogP) is 1.80. The van der Waals surface area contributed by atoms with Crippen LogP contribution in [0.4, 0.5) is 0 Å². The second-order valence-electron chi connectivity index (χ2n) is 0.224. The van der Waals surface area contributed by atoms with Gasteiger partial charge in [0.15, 0.2) is 0 Å². The van der Waals surface area contributed by atoms with Crippen LogP contribution in [0.15, 0.2) is 0 Å². The average Bonchev–Trinajstić information content (AvgIpc) is 0.918. The maximum atomic E-state index is 7.32. The van der Waals surface area contributed by atoms with E-state index in [1.54, 1.807) is 6.07 Å². The van der Waals surface area contributed by atoms with E-state index in [4.69, 9.17) is 5.26 Å². The molecule has 0 aromatic carbocycles. The van der Waals surface area contributed by atoms with Crippen LogP contribution in [0.2, 0.25) is 0 Å². The van der Waals surface area contributed by atoms with E-state index in [-0.39, 0.29) is 14.9 Å². The largest absolute Gasteiger partial charge is 0.199 e. The molecule has 0 N–H and O–H groups in total. The number of hydrogen-bond donors (Lipinski definition) is 0. The lowest BCUT2D eigenvalue weighted by Gasteiger charge is -1.15. The standard InChI is InChI=1S/C2H3N.2CH4/c1-2-3;;/h1H3;2*1H4. The maximum absolute atomic E-state index is 7.32. The lowest BCUT2D eigenvalue weighted by atomic mass is 11.0. The minimum absolute atomic E-state index is 0. The fourth-order valence-electron chi connectivity index (χ4n) is 0. The highest BCUT2D eigenvalue weighted by atomic mass is 14.2. The lowest BCUT2D eigenvalue weighted by molar-refractivity contribution is 1.49. The Morgan fingerprint density at radius 1 is 1.40 bits per heavy atom. The highest BCUT2D eigenvalue weighted by Gasteiger charge is 1.17. The number of nitriles is 1. The molecule has 0 aliphatic carbocycles. The van der Waals surface area contributed by atoms with Gasteiger partial charge in [-0.1, -0.05) is 14.9 Å². The first-order valence-corrected chi connectivity index (χ1v) is 0.724. The van der Waals surface area contributed by atoms with Crippen molar-refractivity contribution in [2.24, 2.45) is 0 Å². The summed E-state index contributed by atoms with van der Waals surface area (Å²) in [5.74, 6) is 0. The Labute approximate surface area is 34.2 Å². The van der Waals surface area contributed by atoms with Gasteiger partial charge in [-0.25, -0.2) is 0 Å². The zero-order valence-electron chi connectivity index (χ0n) is 1.95. The van der Waals surface area contributed by atoms with Crippen molar-refractivity contribution in [3.8, 4) is 6.07 Å². The van der Waals surface area contributed by atoms with Crippen molar-refractivity contribution in [3.63, 3.8) is 0 Å². The molecule has 0 atom stereocenters. The van der Waals surface area contributed by atoms with Crippen LogP contribution < -0.4 is 0 Å². The van der Waals surface area contributed by atoms with Crippen LogP contribution >= 0.6 is 0 Å². The van der Waals surface area contributed by atoms with E-state index >= 15 is 0 Å². The lowest BCUT2D eigenvalue weighted by Crippen LogP contribution is -1.10. The molecule has 0 rings (SSSR count). The Hall–Kier alpha value is -0.510. The molecule has 0 saturated heterocycles. The van der Waals surface area contributed by atoms with Gasteiger partial charge in [0.2, 0.25) is 0 Å². The van der Waals surface area contributed by atoms with Gasteiger partial charge in [0.05, 0.1) is 6.07 Å². The van der Waals surface area contributed by atoms with E-state index in [2.05, 4.69) is 0 Å². The van der Waals surface area contributed by atoms with Crippen molar-refractivity contribution in [2.45, 2.75) is 21.8 Å². The van der Waals surface area contributed by atoms with Crippen molar-refractivity contribution in [1.29, 1.82) is 5.26 Å². The monoisotopic (exact) mass is 73.1 g/mol.